The van der Waals surface area contributed by atoms with Gasteiger partial charge in [-0.2, -0.15) is 0 Å². The van der Waals surface area contributed by atoms with Gasteiger partial charge in [-0.15, -0.1) is 0 Å². The maximum atomic E-state index is 10.8. The van der Waals surface area contributed by atoms with Gasteiger partial charge in [-0.1, -0.05) is 13.8 Å². The van der Waals surface area contributed by atoms with Crippen LogP contribution >= 0.6 is 0 Å². The first kappa shape index (κ1) is 14.4. The van der Waals surface area contributed by atoms with Gasteiger partial charge >= 0.3 is 0 Å². The third kappa shape index (κ3) is 3.65. The van der Waals surface area contributed by atoms with Gasteiger partial charge in [0.05, 0.1) is 20.8 Å². The fourth-order valence-electron chi connectivity index (χ4n) is 1.51. The van der Waals surface area contributed by atoms with Gasteiger partial charge in [0.15, 0.2) is 11.5 Å². The molecule has 4 heteroatoms. The summed E-state index contributed by atoms with van der Waals surface area (Å²) < 4.78 is 16.1. The Balaban J connectivity index is 2.95. The van der Waals surface area contributed by atoms with Gasteiger partial charge in [-0.05, 0) is 24.5 Å². The summed E-state index contributed by atoms with van der Waals surface area (Å²) in [7, 11) is 3.08. The summed E-state index contributed by atoms with van der Waals surface area (Å²) in [5.74, 6) is 2.14. The van der Waals surface area contributed by atoms with Gasteiger partial charge in [-0.25, -0.2) is 0 Å². The third-order valence-corrected chi connectivity index (χ3v) is 2.56. The molecule has 18 heavy (non-hydrogen) atoms. The molecule has 1 aromatic carbocycles. The molecule has 0 amide bonds. The van der Waals surface area contributed by atoms with Gasteiger partial charge < -0.3 is 14.2 Å². The zero-order valence-electron chi connectivity index (χ0n) is 11.4. The molecule has 0 unspecified atom stereocenters. The lowest BCUT2D eigenvalue weighted by Crippen LogP contribution is -2.04. The quantitative estimate of drug-likeness (QED) is 0.700. The second-order valence-electron chi connectivity index (χ2n) is 4.40. The molecule has 0 heterocycles. The number of rotatable bonds is 7. The Morgan fingerprint density at radius 3 is 2.11 bits per heavy atom. The zero-order valence-corrected chi connectivity index (χ0v) is 11.4. The summed E-state index contributed by atoms with van der Waals surface area (Å²) in [5, 5.41) is 0. The van der Waals surface area contributed by atoms with Crippen molar-refractivity contribution < 1.29 is 19.0 Å². The minimum Gasteiger partial charge on any atom is -0.493 e. The van der Waals surface area contributed by atoms with E-state index in [2.05, 4.69) is 13.8 Å². The van der Waals surface area contributed by atoms with Crippen LogP contribution in [-0.2, 0) is 0 Å². The van der Waals surface area contributed by atoms with E-state index in [1.807, 2.05) is 0 Å². The highest BCUT2D eigenvalue weighted by atomic mass is 16.5. The first-order valence-electron chi connectivity index (χ1n) is 5.96. The number of hydrogen-bond donors (Lipinski definition) is 0. The van der Waals surface area contributed by atoms with Crippen molar-refractivity contribution in [3.05, 3.63) is 17.7 Å². The highest BCUT2D eigenvalue weighted by molar-refractivity contribution is 5.78. The summed E-state index contributed by atoms with van der Waals surface area (Å²) in [5.41, 5.74) is 0.500. The highest BCUT2D eigenvalue weighted by Crippen LogP contribution is 2.38. The third-order valence-electron chi connectivity index (χ3n) is 2.56. The Morgan fingerprint density at radius 2 is 1.72 bits per heavy atom. The molecular weight excluding hydrogens is 232 g/mol. The topological polar surface area (TPSA) is 44.8 Å². The fraction of sp³-hybridized carbons (Fsp3) is 0.500. The first-order chi connectivity index (χ1) is 8.62. The molecular formula is C14H20O4. The summed E-state index contributed by atoms with van der Waals surface area (Å²) >= 11 is 0. The van der Waals surface area contributed by atoms with Crippen LogP contribution in [0.4, 0.5) is 0 Å². The molecule has 0 aliphatic rings. The smallest absolute Gasteiger partial charge is 0.203 e. The number of benzene rings is 1. The Hall–Kier alpha value is -1.71. The lowest BCUT2D eigenvalue weighted by molar-refractivity contribution is 0.112. The van der Waals surface area contributed by atoms with Crippen LogP contribution in [0.5, 0.6) is 17.2 Å². The van der Waals surface area contributed by atoms with Crippen molar-refractivity contribution >= 4 is 6.29 Å². The van der Waals surface area contributed by atoms with Crippen LogP contribution in [0.2, 0.25) is 0 Å². The number of aldehydes is 1. The van der Waals surface area contributed by atoms with E-state index in [9.17, 15) is 4.79 Å². The van der Waals surface area contributed by atoms with Gasteiger partial charge in [0.2, 0.25) is 5.75 Å². The lowest BCUT2D eigenvalue weighted by Gasteiger charge is -2.15. The molecule has 0 N–H and O–H groups in total. The van der Waals surface area contributed by atoms with Crippen molar-refractivity contribution in [2.45, 2.75) is 20.3 Å². The number of hydrogen-bond acceptors (Lipinski definition) is 4. The van der Waals surface area contributed by atoms with Crippen molar-refractivity contribution in [1.82, 2.24) is 0 Å². The van der Waals surface area contributed by atoms with E-state index in [0.717, 1.165) is 12.7 Å². The average molecular weight is 252 g/mol. The summed E-state index contributed by atoms with van der Waals surface area (Å²) in [6, 6.07) is 3.28. The number of methoxy groups -OCH3 is 2. The molecule has 0 fully saturated rings. The second-order valence-corrected chi connectivity index (χ2v) is 4.40. The van der Waals surface area contributed by atoms with Crippen molar-refractivity contribution in [2.75, 3.05) is 20.8 Å². The van der Waals surface area contributed by atoms with E-state index < -0.39 is 0 Å². The van der Waals surface area contributed by atoms with Crippen LogP contribution < -0.4 is 14.2 Å². The van der Waals surface area contributed by atoms with E-state index >= 15 is 0 Å². The SMILES string of the molecule is COc1cc(C=O)cc(OC)c1OCCC(C)C. The monoisotopic (exact) mass is 252 g/mol. The van der Waals surface area contributed by atoms with E-state index in [0.29, 0.717) is 35.3 Å². The van der Waals surface area contributed by atoms with Crippen LogP contribution in [-0.4, -0.2) is 27.1 Å². The maximum Gasteiger partial charge on any atom is 0.203 e. The molecule has 0 radical (unpaired) electrons. The first-order valence-corrected chi connectivity index (χ1v) is 5.96. The Bertz CT molecular complexity index is 374. The van der Waals surface area contributed by atoms with E-state index in [4.69, 9.17) is 14.2 Å². The summed E-state index contributed by atoms with van der Waals surface area (Å²) in [4.78, 5) is 10.8. The molecule has 0 saturated heterocycles. The van der Waals surface area contributed by atoms with E-state index in [1.54, 1.807) is 26.4 Å². The van der Waals surface area contributed by atoms with Crippen molar-refractivity contribution in [2.24, 2.45) is 5.92 Å². The minimum atomic E-state index is 0.500. The van der Waals surface area contributed by atoms with Crippen molar-refractivity contribution in [1.29, 1.82) is 0 Å². The van der Waals surface area contributed by atoms with Crippen molar-refractivity contribution in [3.63, 3.8) is 0 Å². The van der Waals surface area contributed by atoms with Crippen molar-refractivity contribution in [3.8, 4) is 17.2 Å². The van der Waals surface area contributed by atoms with Gasteiger partial charge in [-0.3, -0.25) is 4.79 Å². The standard InChI is InChI=1S/C14H20O4/c1-10(2)5-6-18-14-12(16-3)7-11(9-15)8-13(14)17-4/h7-10H,5-6H2,1-4H3. The van der Waals surface area contributed by atoms with E-state index in [-0.39, 0.29) is 0 Å². The predicted molar refractivity (Wildman–Crippen MR) is 69.9 cm³/mol. The zero-order chi connectivity index (χ0) is 13.5. The van der Waals surface area contributed by atoms with Gasteiger partial charge in [0.25, 0.3) is 0 Å². The Morgan fingerprint density at radius 1 is 1.17 bits per heavy atom. The molecule has 0 aliphatic carbocycles. The average Bonchev–Trinajstić information content (AvgIpc) is 2.37. The molecule has 0 aliphatic heterocycles. The number of carbonyl (C=O) groups is 1. The van der Waals surface area contributed by atoms with Crippen LogP contribution in [0.3, 0.4) is 0 Å². The van der Waals surface area contributed by atoms with Crippen LogP contribution in [0.25, 0.3) is 0 Å². The molecule has 4 nitrogen and oxygen atoms in total. The molecule has 100 valence electrons. The van der Waals surface area contributed by atoms with Gasteiger partial charge in [0.1, 0.15) is 6.29 Å². The number of carbonyl (C=O) groups excluding carboxylic acids is 1. The molecule has 1 aromatic rings. The molecule has 0 bridgehead atoms. The van der Waals surface area contributed by atoms with E-state index in [1.165, 1.54) is 0 Å². The molecule has 0 atom stereocenters. The summed E-state index contributed by atoms with van der Waals surface area (Å²) in [6.45, 7) is 4.85. The maximum absolute atomic E-state index is 10.8. The lowest BCUT2D eigenvalue weighted by atomic mass is 10.1. The van der Waals surface area contributed by atoms with Gasteiger partial charge in [0, 0.05) is 5.56 Å². The molecule has 0 spiro atoms. The highest BCUT2D eigenvalue weighted by Gasteiger charge is 2.14. The fourth-order valence-corrected chi connectivity index (χ4v) is 1.51. The summed E-state index contributed by atoms with van der Waals surface area (Å²) in [6.07, 6.45) is 1.70. The Labute approximate surface area is 108 Å². The normalized spacial score (nSPS) is 10.3. The number of ether oxygens (including phenoxy) is 3. The van der Waals surface area contributed by atoms with Crippen LogP contribution in [0.15, 0.2) is 12.1 Å². The van der Waals surface area contributed by atoms with Crippen LogP contribution in [0, 0.1) is 5.92 Å². The molecule has 0 aromatic heterocycles. The van der Waals surface area contributed by atoms with Crippen LogP contribution in [0.1, 0.15) is 30.6 Å². The second kappa shape index (κ2) is 6.89. The molecule has 0 saturated carbocycles. The molecule has 1 rings (SSSR count). The predicted octanol–water partition coefficient (Wildman–Crippen LogP) is 2.94. The Kier molecular flexibility index (Phi) is 5.49. The largest absolute Gasteiger partial charge is 0.493 e. The minimum absolute atomic E-state index is 0.500.